The van der Waals surface area contributed by atoms with Gasteiger partial charge in [-0.25, -0.2) is 0 Å². The van der Waals surface area contributed by atoms with E-state index >= 15 is 0 Å². The molecule has 1 aliphatic heterocycles. The molecule has 1 aliphatic rings. The van der Waals surface area contributed by atoms with E-state index < -0.39 is 0 Å². The summed E-state index contributed by atoms with van der Waals surface area (Å²) in [6.45, 7) is 0.744. The molecule has 1 aromatic heterocycles. The van der Waals surface area contributed by atoms with Crippen LogP contribution in [0.4, 0.5) is 11.4 Å². The number of hydrogen-bond acceptors (Lipinski definition) is 5. The van der Waals surface area contributed by atoms with E-state index in [0.717, 1.165) is 30.0 Å². The number of nitrogens with one attached hydrogen (secondary N) is 1. The number of hydrogen-bond donors (Lipinski definition) is 1. The van der Waals surface area contributed by atoms with Gasteiger partial charge >= 0.3 is 0 Å². The number of carbonyl (C=O) groups is 2. The maximum Gasteiger partial charge on any atom is 0.286 e. The third-order valence-electron chi connectivity index (χ3n) is 3.10. The van der Waals surface area contributed by atoms with E-state index in [1.165, 1.54) is 0 Å². The number of benzene rings is 1. The van der Waals surface area contributed by atoms with Crippen LogP contribution in [0.2, 0.25) is 4.47 Å². The van der Waals surface area contributed by atoms with Gasteiger partial charge in [-0.15, -0.1) is 10.2 Å². The fraction of sp³-hybridized carbons (Fsp3) is 0.231. The number of rotatable bonds is 3. The van der Waals surface area contributed by atoms with Gasteiger partial charge in [-0.05, 0) is 42.3 Å². The highest BCUT2D eigenvalue weighted by Gasteiger charge is 2.21. The number of aromatic nitrogens is 2. The first-order valence-corrected chi connectivity index (χ1v) is 7.54. The van der Waals surface area contributed by atoms with E-state index in [9.17, 15) is 9.59 Å². The Morgan fingerprint density at radius 1 is 1.29 bits per heavy atom. The molecule has 108 valence electrons. The van der Waals surface area contributed by atoms with Crippen LogP contribution < -0.4 is 10.2 Å². The zero-order valence-electron chi connectivity index (χ0n) is 10.9. The first kappa shape index (κ1) is 14.0. The van der Waals surface area contributed by atoms with Crippen molar-refractivity contribution < 1.29 is 9.59 Å². The minimum absolute atomic E-state index is 0.135. The predicted molar refractivity (Wildman–Crippen MR) is 80.9 cm³/mol. The molecule has 1 N–H and O–H groups in total. The average Bonchev–Trinajstić information content (AvgIpc) is 3.08. The second-order valence-electron chi connectivity index (χ2n) is 4.51. The van der Waals surface area contributed by atoms with Crippen molar-refractivity contribution in [1.29, 1.82) is 0 Å². The molecule has 1 fully saturated rings. The SMILES string of the molecule is O=C(Nc1ccc(N2CCCC2=O)cc1)c1nnc(Cl)s1. The minimum Gasteiger partial charge on any atom is -0.320 e. The van der Waals surface area contributed by atoms with Crippen molar-refractivity contribution in [2.75, 3.05) is 16.8 Å². The molecule has 2 amide bonds. The van der Waals surface area contributed by atoms with Gasteiger partial charge in [0, 0.05) is 24.3 Å². The van der Waals surface area contributed by atoms with Gasteiger partial charge in [0.05, 0.1) is 0 Å². The van der Waals surface area contributed by atoms with Crippen LogP contribution in [0.3, 0.4) is 0 Å². The van der Waals surface area contributed by atoms with Gasteiger partial charge in [0.1, 0.15) is 0 Å². The Balaban J connectivity index is 1.69. The molecule has 1 aromatic carbocycles. The van der Waals surface area contributed by atoms with E-state index in [1.807, 2.05) is 12.1 Å². The first-order valence-electron chi connectivity index (χ1n) is 6.34. The molecule has 0 unspecified atom stereocenters. The zero-order chi connectivity index (χ0) is 14.8. The summed E-state index contributed by atoms with van der Waals surface area (Å²) < 4.78 is 0.225. The molecule has 3 rings (SSSR count). The molecule has 0 spiro atoms. The lowest BCUT2D eigenvalue weighted by Crippen LogP contribution is -2.23. The summed E-state index contributed by atoms with van der Waals surface area (Å²) >= 11 is 6.66. The van der Waals surface area contributed by atoms with Crippen LogP contribution in [0.5, 0.6) is 0 Å². The normalized spacial score (nSPS) is 14.5. The lowest BCUT2D eigenvalue weighted by atomic mass is 10.2. The van der Waals surface area contributed by atoms with Crippen molar-refractivity contribution in [2.24, 2.45) is 0 Å². The summed E-state index contributed by atoms with van der Waals surface area (Å²) in [5, 5.41) is 10.2. The summed E-state index contributed by atoms with van der Waals surface area (Å²) in [6, 6.07) is 7.13. The largest absolute Gasteiger partial charge is 0.320 e. The van der Waals surface area contributed by atoms with Gasteiger partial charge in [-0.1, -0.05) is 11.3 Å². The van der Waals surface area contributed by atoms with Gasteiger partial charge in [-0.2, -0.15) is 0 Å². The average molecular weight is 323 g/mol. The quantitative estimate of drug-likeness (QED) is 0.942. The number of carbonyl (C=O) groups excluding carboxylic acids is 2. The summed E-state index contributed by atoms with van der Waals surface area (Å²) in [4.78, 5) is 25.3. The van der Waals surface area contributed by atoms with Crippen molar-refractivity contribution in [2.45, 2.75) is 12.8 Å². The zero-order valence-corrected chi connectivity index (χ0v) is 12.4. The van der Waals surface area contributed by atoms with Gasteiger partial charge in [-0.3, -0.25) is 9.59 Å². The molecule has 21 heavy (non-hydrogen) atoms. The van der Waals surface area contributed by atoms with Gasteiger partial charge in [0.15, 0.2) is 0 Å². The number of anilines is 2. The molecule has 0 atom stereocenters. The highest BCUT2D eigenvalue weighted by molar-refractivity contribution is 7.17. The number of amides is 2. The van der Waals surface area contributed by atoms with Crippen LogP contribution in [0.1, 0.15) is 22.6 Å². The summed E-state index contributed by atoms with van der Waals surface area (Å²) in [7, 11) is 0. The third-order valence-corrected chi connectivity index (χ3v) is 4.12. The van der Waals surface area contributed by atoms with Crippen molar-refractivity contribution in [1.82, 2.24) is 10.2 Å². The van der Waals surface area contributed by atoms with E-state index in [0.29, 0.717) is 12.1 Å². The lowest BCUT2D eigenvalue weighted by molar-refractivity contribution is -0.117. The van der Waals surface area contributed by atoms with Gasteiger partial charge in [0.2, 0.25) is 15.4 Å². The fourth-order valence-electron chi connectivity index (χ4n) is 2.13. The molecule has 0 bridgehead atoms. The van der Waals surface area contributed by atoms with Crippen molar-refractivity contribution >= 4 is 46.1 Å². The van der Waals surface area contributed by atoms with Crippen LogP contribution >= 0.6 is 22.9 Å². The van der Waals surface area contributed by atoms with Crippen LogP contribution in [-0.2, 0) is 4.79 Å². The summed E-state index contributed by atoms with van der Waals surface area (Å²) in [5.41, 5.74) is 1.47. The second kappa shape index (κ2) is 5.79. The van der Waals surface area contributed by atoms with E-state index in [1.54, 1.807) is 17.0 Å². The molecule has 0 radical (unpaired) electrons. The monoisotopic (exact) mass is 322 g/mol. The maximum atomic E-state index is 11.9. The van der Waals surface area contributed by atoms with Crippen LogP contribution in [-0.4, -0.2) is 28.6 Å². The van der Waals surface area contributed by atoms with Gasteiger partial charge in [0.25, 0.3) is 5.91 Å². The van der Waals surface area contributed by atoms with E-state index in [2.05, 4.69) is 15.5 Å². The lowest BCUT2D eigenvalue weighted by Gasteiger charge is -2.15. The molecule has 6 nitrogen and oxygen atoms in total. The molecule has 1 saturated heterocycles. The summed E-state index contributed by atoms with van der Waals surface area (Å²) in [5.74, 6) is -0.223. The van der Waals surface area contributed by atoms with Crippen molar-refractivity contribution in [3.63, 3.8) is 0 Å². The standard InChI is InChI=1S/C13H11ClN4O2S/c14-13-17-16-12(21-13)11(20)15-8-3-5-9(6-4-8)18-7-1-2-10(18)19/h3-6H,1-2,7H2,(H,15,20). The molecule has 8 heteroatoms. The fourth-order valence-corrected chi connectivity index (χ4v) is 2.85. The van der Waals surface area contributed by atoms with Gasteiger partial charge < -0.3 is 10.2 Å². The Morgan fingerprint density at radius 2 is 2.05 bits per heavy atom. The number of nitrogens with zero attached hydrogens (tertiary/aromatic N) is 3. The highest BCUT2D eigenvalue weighted by atomic mass is 35.5. The Labute approximate surface area is 129 Å². The molecule has 0 aliphatic carbocycles. The van der Waals surface area contributed by atoms with Crippen LogP contribution in [0.25, 0.3) is 0 Å². The Hall–Kier alpha value is -1.99. The Morgan fingerprint density at radius 3 is 2.62 bits per heavy atom. The maximum absolute atomic E-state index is 11.9. The molecular formula is C13H11ClN4O2S. The predicted octanol–water partition coefficient (Wildman–Crippen LogP) is 2.57. The van der Waals surface area contributed by atoms with E-state index in [4.69, 9.17) is 11.6 Å². The summed E-state index contributed by atoms with van der Waals surface area (Å²) in [6.07, 6.45) is 1.48. The Kier molecular flexibility index (Phi) is 3.85. The first-order chi connectivity index (χ1) is 10.1. The van der Waals surface area contributed by atoms with E-state index in [-0.39, 0.29) is 21.3 Å². The van der Waals surface area contributed by atoms with Crippen LogP contribution in [0.15, 0.2) is 24.3 Å². The topological polar surface area (TPSA) is 75.2 Å². The molecular weight excluding hydrogens is 312 g/mol. The van der Waals surface area contributed by atoms with Crippen LogP contribution in [0, 0.1) is 0 Å². The van der Waals surface area contributed by atoms with Crippen molar-refractivity contribution in [3.8, 4) is 0 Å². The molecule has 2 aromatic rings. The second-order valence-corrected chi connectivity index (χ2v) is 6.07. The third kappa shape index (κ3) is 3.03. The Bertz CT molecular complexity index is 686. The smallest absolute Gasteiger partial charge is 0.286 e. The minimum atomic E-state index is -0.357. The molecule has 2 heterocycles. The highest BCUT2D eigenvalue weighted by Crippen LogP contribution is 2.23. The molecule has 0 saturated carbocycles. The van der Waals surface area contributed by atoms with Crippen molar-refractivity contribution in [3.05, 3.63) is 33.7 Å². The number of halogens is 1.